The number of rotatable bonds is 7. The van der Waals surface area contributed by atoms with Crippen LogP contribution >= 0.6 is 12.2 Å². The standard InChI is InChI=1S/C15H24FN3S/c1-10(2)7-12(9-19(3)4)18-14-6-5-11(15(17)20)8-13(14)16/h5-6,8,10,12,18H,7,9H2,1-4H3,(H2,17,20). The molecule has 0 bridgehead atoms. The summed E-state index contributed by atoms with van der Waals surface area (Å²) in [6.45, 7) is 5.18. The summed E-state index contributed by atoms with van der Waals surface area (Å²) in [6.07, 6.45) is 0.981. The van der Waals surface area contributed by atoms with Crippen LogP contribution in [0.5, 0.6) is 0 Å². The van der Waals surface area contributed by atoms with E-state index < -0.39 is 0 Å². The molecule has 1 unspecified atom stereocenters. The van der Waals surface area contributed by atoms with Crippen LogP contribution in [0, 0.1) is 11.7 Å². The number of hydrogen-bond donors (Lipinski definition) is 2. The van der Waals surface area contributed by atoms with E-state index in [0.717, 1.165) is 13.0 Å². The smallest absolute Gasteiger partial charge is 0.146 e. The molecule has 0 saturated heterocycles. The highest BCUT2D eigenvalue weighted by Crippen LogP contribution is 2.19. The van der Waals surface area contributed by atoms with E-state index in [1.807, 2.05) is 14.1 Å². The Hall–Kier alpha value is -1.20. The maximum Gasteiger partial charge on any atom is 0.146 e. The number of halogens is 1. The molecule has 0 aliphatic rings. The van der Waals surface area contributed by atoms with Crippen molar-refractivity contribution in [2.75, 3.05) is 26.0 Å². The number of benzene rings is 1. The van der Waals surface area contributed by atoms with Crippen LogP contribution in [0.1, 0.15) is 25.8 Å². The molecule has 3 nitrogen and oxygen atoms in total. The van der Waals surface area contributed by atoms with E-state index in [1.165, 1.54) is 6.07 Å². The van der Waals surface area contributed by atoms with E-state index in [4.69, 9.17) is 18.0 Å². The number of hydrogen-bond acceptors (Lipinski definition) is 3. The second-order valence-electron chi connectivity index (χ2n) is 5.79. The molecule has 0 aliphatic carbocycles. The van der Waals surface area contributed by atoms with Crippen molar-refractivity contribution < 1.29 is 4.39 Å². The van der Waals surface area contributed by atoms with Crippen LogP contribution in [0.3, 0.4) is 0 Å². The Bertz CT molecular complexity index is 450. The lowest BCUT2D eigenvalue weighted by Gasteiger charge is -2.25. The van der Waals surface area contributed by atoms with Gasteiger partial charge in [-0.1, -0.05) is 26.1 Å². The van der Waals surface area contributed by atoms with Crippen LogP contribution in [-0.2, 0) is 0 Å². The van der Waals surface area contributed by atoms with E-state index in [0.29, 0.717) is 17.2 Å². The molecule has 1 aromatic carbocycles. The van der Waals surface area contributed by atoms with Gasteiger partial charge in [0.15, 0.2) is 0 Å². The predicted molar refractivity (Wildman–Crippen MR) is 87.7 cm³/mol. The van der Waals surface area contributed by atoms with E-state index in [2.05, 4.69) is 24.1 Å². The molecule has 0 amide bonds. The van der Waals surface area contributed by atoms with Crippen LogP contribution in [0.2, 0.25) is 0 Å². The maximum absolute atomic E-state index is 14.1. The van der Waals surface area contributed by atoms with E-state index >= 15 is 0 Å². The van der Waals surface area contributed by atoms with Crippen molar-refractivity contribution in [1.82, 2.24) is 4.90 Å². The molecule has 1 rings (SSSR count). The summed E-state index contributed by atoms with van der Waals surface area (Å²) in [4.78, 5) is 2.31. The van der Waals surface area contributed by atoms with Gasteiger partial charge in [0.2, 0.25) is 0 Å². The van der Waals surface area contributed by atoms with E-state index in [-0.39, 0.29) is 16.8 Å². The highest BCUT2D eigenvalue weighted by molar-refractivity contribution is 7.80. The lowest BCUT2D eigenvalue weighted by molar-refractivity contribution is 0.356. The van der Waals surface area contributed by atoms with Crippen molar-refractivity contribution in [3.05, 3.63) is 29.6 Å². The van der Waals surface area contributed by atoms with E-state index in [1.54, 1.807) is 12.1 Å². The first-order valence-electron chi connectivity index (χ1n) is 6.80. The van der Waals surface area contributed by atoms with Gasteiger partial charge in [-0.3, -0.25) is 0 Å². The average Bonchev–Trinajstić information content (AvgIpc) is 2.29. The quantitative estimate of drug-likeness (QED) is 0.759. The van der Waals surface area contributed by atoms with Gasteiger partial charge in [0.25, 0.3) is 0 Å². The third kappa shape index (κ3) is 5.43. The summed E-state index contributed by atoms with van der Waals surface area (Å²) in [5, 5.41) is 3.28. The van der Waals surface area contributed by atoms with Crippen molar-refractivity contribution >= 4 is 22.9 Å². The Morgan fingerprint density at radius 1 is 1.40 bits per heavy atom. The molecule has 3 N–H and O–H groups in total. The molecule has 0 heterocycles. The molecule has 1 atom stereocenters. The first-order valence-corrected chi connectivity index (χ1v) is 7.21. The molecule has 1 aromatic rings. The summed E-state index contributed by atoms with van der Waals surface area (Å²) < 4.78 is 14.1. The fourth-order valence-corrected chi connectivity index (χ4v) is 2.32. The lowest BCUT2D eigenvalue weighted by Crippen LogP contribution is -2.33. The summed E-state index contributed by atoms with van der Waals surface area (Å²) in [5.41, 5.74) is 6.55. The minimum Gasteiger partial charge on any atom is -0.389 e. The molecule has 0 spiro atoms. The molecule has 0 aromatic heterocycles. The molecule has 0 saturated carbocycles. The van der Waals surface area contributed by atoms with Crippen LogP contribution in [0.15, 0.2) is 18.2 Å². The third-order valence-electron chi connectivity index (χ3n) is 2.95. The third-order valence-corrected chi connectivity index (χ3v) is 3.19. The number of nitrogens with two attached hydrogens (primary N) is 1. The van der Waals surface area contributed by atoms with Gasteiger partial charge in [-0.2, -0.15) is 0 Å². The zero-order valence-corrected chi connectivity index (χ0v) is 13.4. The largest absolute Gasteiger partial charge is 0.389 e. The number of nitrogens with one attached hydrogen (secondary N) is 1. The summed E-state index contributed by atoms with van der Waals surface area (Å²) >= 11 is 4.85. The van der Waals surface area contributed by atoms with Gasteiger partial charge >= 0.3 is 0 Å². The van der Waals surface area contributed by atoms with Gasteiger partial charge < -0.3 is 16.0 Å². The van der Waals surface area contributed by atoms with Crippen molar-refractivity contribution in [3.8, 4) is 0 Å². The fraction of sp³-hybridized carbons (Fsp3) is 0.533. The van der Waals surface area contributed by atoms with Crippen molar-refractivity contribution in [2.45, 2.75) is 26.3 Å². The molecular formula is C15H24FN3S. The molecule has 112 valence electrons. The van der Waals surface area contributed by atoms with Gasteiger partial charge in [-0.15, -0.1) is 0 Å². The van der Waals surface area contributed by atoms with Gasteiger partial charge in [-0.05, 0) is 44.6 Å². The fourth-order valence-electron chi connectivity index (χ4n) is 2.19. The van der Waals surface area contributed by atoms with Gasteiger partial charge in [-0.25, -0.2) is 4.39 Å². The molecule has 0 aliphatic heterocycles. The van der Waals surface area contributed by atoms with Crippen LogP contribution in [-0.4, -0.2) is 36.6 Å². The zero-order chi connectivity index (χ0) is 15.3. The number of likely N-dealkylation sites (N-methyl/N-ethyl adjacent to an activating group) is 1. The summed E-state index contributed by atoms with van der Waals surface area (Å²) in [5.74, 6) is 0.231. The first kappa shape index (κ1) is 16.9. The number of nitrogens with zero attached hydrogens (tertiary/aromatic N) is 1. The predicted octanol–water partition coefficient (Wildman–Crippen LogP) is 2.85. The number of anilines is 1. The van der Waals surface area contributed by atoms with Gasteiger partial charge in [0, 0.05) is 18.2 Å². The minimum absolute atomic E-state index is 0.204. The van der Waals surface area contributed by atoms with Crippen LogP contribution in [0.25, 0.3) is 0 Å². The second kappa shape index (κ2) is 7.55. The summed E-state index contributed by atoms with van der Waals surface area (Å²) in [6, 6.07) is 5.03. The molecular weight excluding hydrogens is 273 g/mol. The first-order chi connectivity index (χ1) is 9.29. The average molecular weight is 297 g/mol. The Balaban J connectivity index is 2.84. The highest BCUT2D eigenvalue weighted by atomic mass is 32.1. The lowest BCUT2D eigenvalue weighted by atomic mass is 10.0. The van der Waals surface area contributed by atoms with Crippen molar-refractivity contribution in [1.29, 1.82) is 0 Å². The van der Waals surface area contributed by atoms with Crippen molar-refractivity contribution in [2.24, 2.45) is 11.7 Å². The molecule has 5 heteroatoms. The normalized spacial score (nSPS) is 12.8. The minimum atomic E-state index is -0.317. The maximum atomic E-state index is 14.1. The van der Waals surface area contributed by atoms with Crippen molar-refractivity contribution in [3.63, 3.8) is 0 Å². The van der Waals surface area contributed by atoms with Gasteiger partial charge in [0.05, 0.1) is 5.69 Å². The second-order valence-corrected chi connectivity index (χ2v) is 6.23. The highest BCUT2D eigenvalue weighted by Gasteiger charge is 2.14. The SMILES string of the molecule is CC(C)CC(CN(C)C)Nc1ccc(C(N)=S)cc1F. The van der Waals surface area contributed by atoms with Crippen LogP contribution in [0.4, 0.5) is 10.1 Å². The molecule has 0 fully saturated rings. The monoisotopic (exact) mass is 297 g/mol. The summed E-state index contributed by atoms with van der Waals surface area (Å²) in [7, 11) is 4.03. The Labute approximate surface area is 126 Å². The Morgan fingerprint density at radius 2 is 2.05 bits per heavy atom. The van der Waals surface area contributed by atoms with E-state index in [9.17, 15) is 4.39 Å². The zero-order valence-electron chi connectivity index (χ0n) is 12.6. The van der Waals surface area contributed by atoms with Gasteiger partial charge in [0.1, 0.15) is 10.8 Å². The van der Waals surface area contributed by atoms with Crippen LogP contribution < -0.4 is 11.1 Å². The molecule has 0 radical (unpaired) electrons. The Kier molecular flexibility index (Phi) is 6.36. The topological polar surface area (TPSA) is 41.3 Å². The molecule has 20 heavy (non-hydrogen) atoms. The Morgan fingerprint density at radius 3 is 2.50 bits per heavy atom. The number of thiocarbonyl (C=S) groups is 1.